The third-order valence-corrected chi connectivity index (χ3v) is 6.42. The van der Waals surface area contributed by atoms with Crippen molar-refractivity contribution in [3.63, 3.8) is 0 Å². The number of esters is 1. The van der Waals surface area contributed by atoms with Crippen LogP contribution in [0.25, 0.3) is 11.1 Å². The van der Waals surface area contributed by atoms with E-state index in [1.807, 2.05) is 42.5 Å². The van der Waals surface area contributed by atoms with E-state index in [9.17, 15) is 18.0 Å². The number of rotatable bonds is 8. The number of carbonyl (C=O) groups is 2. The molecule has 0 atom stereocenters. The van der Waals surface area contributed by atoms with Crippen molar-refractivity contribution in [2.45, 2.75) is 23.8 Å². The number of hydrogen-bond donors (Lipinski definition) is 2. The zero-order valence-electron chi connectivity index (χ0n) is 17.2. The summed E-state index contributed by atoms with van der Waals surface area (Å²) in [5.41, 5.74) is 2.44. The molecule has 2 N–H and O–H groups in total. The third kappa shape index (κ3) is 5.40. The summed E-state index contributed by atoms with van der Waals surface area (Å²) < 4.78 is 32.4. The van der Waals surface area contributed by atoms with E-state index >= 15 is 0 Å². The first-order valence-electron chi connectivity index (χ1n) is 10.2. The number of amides is 1. The average molecular weight is 451 g/mol. The highest BCUT2D eigenvalue weighted by Crippen LogP contribution is 2.27. The molecule has 0 spiro atoms. The van der Waals surface area contributed by atoms with Gasteiger partial charge in [-0.2, -0.15) is 0 Å². The first kappa shape index (κ1) is 21.7. The molecule has 0 aromatic heterocycles. The summed E-state index contributed by atoms with van der Waals surface area (Å²) in [6.07, 6.45) is 1.62. The molecular formula is C24H22N2O5S. The summed E-state index contributed by atoms with van der Waals surface area (Å²) in [4.78, 5) is 24.8. The quantitative estimate of drug-likeness (QED) is 0.511. The fraction of sp³-hybridized carbons (Fsp3) is 0.167. The smallest absolute Gasteiger partial charge is 0.338 e. The van der Waals surface area contributed by atoms with Crippen LogP contribution in [-0.2, 0) is 19.6 Å². The molecule has 32 heavy (non-hydrogen) atoms. The standard InChI is InChI=1S/C24H22N2O5S/c27-23(25-22-12-5-4-11-21(22)17-7-2-1-3-8-17)16-31-24(28)18-9-6-10-20(15-18)32(29,30)26-19-13-14-19/h1-12,15,19,26H,13-14,16H2,(H,25,27). The summed E-state index contributed by atoms with van der Waals surface area (Å²) in [5.74, 6) is -1.28. The molecule has 0 saturated heterocycles. The Balaban J connectivity index is 1.39. The van der Waals surface area contributed by atoms with Gasteiger partial charge in [0.2, 0.25) is 10.0 Å². The number of benzene rings is 3. The maximum Gasteiger partial charge on any atom is 0.338 e. The zero-order valence-corrected chi connectivity index (χ0v) is 18.0. The zero-order chi connectivity index (χ0) is 22.6. The van der Waals surface area contributed by atoms with E-state index in [1.165, 1.54) is 24.3 Å². The Bertz CT molecular complexity index is 1240. The van der Waals surface area contributed by atoms with Crippen LogP contribution in [0.5, 0.6) is 0 Å². The Labute approximate surface area is 186 Å². The SMILES string of the molecule is O=C(COC(=O)c1cccc(S(=O)(=O)NC2CC2)c1)Nc1ccccc1-c1ccccc1. The van der Waals surface area contributed by atoms with E-state index in [1.54, 1.807) is 12.1 Å². The Morgan fingerprint density at radius 2 is 1.62 bits per heavy atom. The largest absolute Gasteiger partial charge is 0.452 e. The highest BCUT2D eigenvalue weighted by atomic mass is 32.2. The fourth-order valence-electron chi connectivity index (χ4n) is 3.14. The predicted molar refractivity (Wildman–Crippen MR) is 121 cm³/mol. The van der Waals surface area contributed by atoms with E-state index < -0.39 is 28.5 Å². The van der Waals surface area contributed by atoms with Crippen LogP contribution in [0.15, 0.2) is 83.8 Å². The number of nitrogens with one attached hydrogen (secondary N) is 2. The van der Waals surface area contributed by atoms with E-state index in [4.69, 9.17) is 4.74 Å². The van der Waals surface area contributed by atoms with Crippen LogP contribution in [0.1, 0.15) is 23.2 Å². The Hall–Kier alpha value is -3.49. The van der Waals surface area contributed by atoms with Gasteiger partial charge in [0.25, 0.3) is 5.91 Å². The van der Waals surface area contributed by atoms with Gasteiger partial charge in [0, 0.05) is 17.3 Å². The lowest BCUT2D eigenvalue weighted by molar-refractivity contribution is -0.119. The number of ether oxygens (including phenoxy) is 1. The van der Waals surface area contributed by atoms with Crippen molar-refractivity contribution >= 4 is 27.6 Å². The van der Waals surface area contributed by atoms with Gasteiger partial charge in [0.05, 0.1) is 10.5 Å². The summed E-state index contributed by atoms with van der Waals surface area (Å²) in [6.45, 7) is -0.501. The summed E-state index contributed by atoms with van der Waals surface area (Å²) in [7, 11) is -3.69. The van der Waals surface area contributed by atoms with E-state index in [-0.39, 0.29) is 16.5 Å². The summed E-state index contributed by atoms with van der Waals surface area (Å²) >= 11 is 0. The maximum atomic E-state index is 12.4. The molecule has 0 heterocycles. The second kappa shape index (κ2) is 9.33. The van der Waals surface area contributed by atoms with Gasteiger partial charge in [-0.3, -0.25) is 4.79 Å². The topological polar surface area (TPSA) is 102 Å². The van der Waals surface area contributed by atoms with E-state index in [2.05, 4.69) is 10.0 Å². The van der Waals surface area contributed by atoms with Crippen LogP contribution in [0.4, 0.5) is 5.69 Å². The summed E-state index contributed by atoms with van der Waals surface area (Å²) in [5, 5.41) is 2.76. The predicted octanol–water partition coefficient (Wildman–Crippen LogP) is 3.59. The Morgan fingerprint density at radius 3 is 2.38 bits per heavy atom. The first-order valence-corrected chi connectivity index (χ1v) is 11.6. The van der Waals surface area contributed by atoms with Crippen LogP contribution in [0.3, 0.4) is 0 Å². The minimum absolute atomic E-state index is 0.0138. The van der Waals surface area contributed by atoms with Crippen LogP contribution >= 0.6 is 0 Å². The van der Waals surface area contributed by atoms with Crippen molar-refractivity contribution in [3.05, 3.63) is 84.4 Å². The van der Waals surface area contributed by atoms with Crippen molar-refractivity contribution in [1.29, 1.82) is 0 Å². The lowest BCUT2D eigenvalue weighted by Gasteiger charge is -2.12. The van der Waals surface area contributed by atoms with Crippen molar-refractivity contribution in [2.75, 3.05) is 11.9 Å². The van der Waals surface area contributed by atoms with E-state index in [0.717, 1.165) is 24.0 Å². The van der Waals surface area contributed by atoms with E-state index in [0.29, 0.717) is 5.69 Å². The van der Waals surface area contributed by atoms with Gasteiger partial charge < -0.3 is 10.1 Å². The van der Waals surface area contributed by atoms with Gasteiger partial charge in [-0.1, -0.05) is 54.6 Å². The van der Waals surface area contributed by atoms with Gasteiger partial charge in [-0.15, -0.1) is 0 Å². The molecular weight excluding hydrogens is 428 g/mol. The number of para-hydroxylation sites is 1. The first-order chi connectivity index (χ1) is 15.4. The number of sulfonamides is 1. The molecule has 1 fully saturated rings. The minimum atomic E-state index is -3.69. The molecule has 0 radical (unpaired) electrons. The van der Waals surface area contributed by atoms with Gasteiger partial charge in [0.1, 0.15) is 0 Å². The summed E-state index contributed by atoms with van der Waals surface area (Å²) in [6, 6.07) is 22.4. The highest BCUT2D eigenvalue weighted by molar-refractivity contribution is 7.89. The minimum Gasteiger partial charge on any atom is -0.452 e. The number of carbonyl (C=O) groups excluding carboxylic acids is 2. The second-order valence-electron chi connectivity index (χ2n) is 7.46. The lowest BCUT2D eigenvalue weighted by Crippen LogP contribution is -2.26. The molecule has 7 nitrogen and oxygen atoms in total. The van der Waals surface area contributed by atoms with Gasteiger partial charge >= 0.3 is 5.97 Å². The van der Waals surface area contributed by atoms with Crippen molar-refractivity contribution in [1.82, 2.24) is 4.72 Å². The van der Waals surface area contributed by atoms with Crippen molar-refractivity contribution in [3.8, 4) is 11.1 Å². The molecule has 0 bridgehead atoms. The van der Waals surface area contributed by atoms with Gasteiger partial charge in [0.15, 0.2) is 6.61 Å². The maximum absolute atomic E-state index is 12.4. The number of anilines is 1. The molecule has 4 rings (SSSR count). The normalized spacial score (nSPS) is 13.4. The molecule has 0 unspecified atom stereocenters. The van der Waals surface area contributed by atoms with Crippen LogP contribution in [0.2, 0.25) is 0 Å². The molecule has 1 saturated carbocycles. The van der Waals surface area contributed by atoms with Crippen LogP contribution < -0.4 is 10.0 Å². The molecule has 3 aromatic carbocycles. The average Bonchev–Trinajstić information content (AvgIpc) is 3.62. The monoisotopic (exact) mass is 450 g/mol. The second-order valence-corrected chi connectivity index (χ2v) is 9.17. The molecule has 8 heteroatoms. The molecule has 1 aliphatic rings. The molecule has 1 aliphatic carbocycles. The van der Waals surface area contributed by atoms with Crippen LogP contribution in [0, 0.1) is 0 Å². The highest BCUT2D eigenvalue weighted by Gasteiger charge is 2.28. The lowest BCUT2D eigenvalue weighted by atomic mass is 10.0. The van der Waals surface area contributed by atoms with Gasteiger partial charge in [-0.25, -0.2) is 17.9 Å². The molecule has 3 aromatic rings. The fourth-order valence-corrected chi connectivity index (χ4v) is 4.49. The van der Waals surface area contributed by atoms with Crippen molar-refractivity contribution < 1.29 is 22.7 Å². The molecule has 1 amide bonds. The third-order valence-electron chi connectivity index (χ3n) is 4.90. The number of hydrogen-bond acceptors (Lipinski definition) is 5. The van der Waals surface area contributed by atoms with Gasteiger partial charge in [-0.05, 0) is 42.7 Å². The molecule has 0 aliphatic heterocycles. The van der Waals surface area contributed by atoms with Crippen LogP contribution in [-0.4, -0.2) is 32.9 Å². The van der Waals surface area contributed by atoms with Crippen molar-refractivity contribution in [2.24, 2.45) is 0 Å². The Kier molecular flexibility index (Phi) is 6.34. The Morgan fingerprint density at radius 1 is 0.906 bits per heavy atom. The molecule has 164 valence electrons.